The van der Waals surface area contributed by atoms with E-state index in [1.54, 1.807) is 0 Å². The van der Waals surface area contributed by atoms with Crippen LogP contribution in [0.5, 0.6) is 0 Å². The van der Waals surface area contributed by atoms with Crippen molar-refractivity contribution in [2.45, 2.75) is 18.8 Å². The molecular formula is C11H12F3NO. The van der Waals surface area contributed by atoms with E-state index in [9.17, 15) is 13.2 Å². The Morgan fingerprint density at radius 1 is 1.19 bits per heavy atom. The number of ether oxygens (including phenoxy) is 1. The maximum absolute atomic E-state index is 12.3. The van der Waals surface area contributed by atoms with Crippen LogP contribution in [0.25, 0.3) is 0 Å². The van der Waals surface area contributed by atoms with Gasteiger partial charge in [0.25, 0.3) is 0 Å². The second kappa shape index (κ2) is 4.43. The highest BCUT2D eigenvalue weighted by Crippen LogP contribution is 2.29. The van der Waals surface area contributed by atoms with Crippen LogP contribution in [0, 0.1) is 0 Å². The van der Waals surface area contributed by atoms with Gasteiger partial charge in [0, 0.05) is 6.54 Å². The molecule has 1 saturated heterocycles. The van der Waals surface area contributed by atoms with Crippen LogP contribution in [-0.2, 0) is 17.5 Å². The molecule has 16 heavy (non-hydrogen) atoms. The summed E-state index contributed by atoms with van der Waals surface area (Å²) in [6.45, 7) is 1.94. The molecular weight excluding hydrogens is 219 g/mol. The van der Waals surface area contributed by atoms with Crippen LogP contribution in [0.2, 0.25) is 0 Å². The maximum atomic E-state index is 12.3. The molecule has 0 radical (unpaired) electrons. The van der Waals surface area contributed by atoms with Gasteiger partial charge in [-0.25, -0.2) is 0 Å². The molecule has 1 aromatic rings. The minimum atomic E-state index is -4.26. The fourth-order valence-electron chi connectivity index (χ4n) is 1.43. The highest BCUT2D eigenvalue weighted by molar-refractivity contribution is 5.24. The van der Waals surface area contributed by atoms with Crippen molar-refractivity contribution < 1.29 is 17.9 Å². The standard InChI is InChI=1S/C11H12F3NO/c12-11(13,14)9-3-1-8(2-4-9)5-15-10-6-16-7-10/h1-4,10,15H,5-7H2. The molecule has 2 nitrogen and oxygen atoms in total. The summed E-state index contributed by atoms with van der Waals surface area (Å²) in [5, 5.41) is 3.19. The first-order valence-electron chi connectivity index (χ1n) is 5.03. The number of nitrogens with one attached hydrogen (secondary N) is 1. The molecule has 0 unspecified atom stereocenters. The average molecular weight is 231 g/mol. The largest absolute Gasteiger partial charge is 0.416 e. The summed E-state index contributed by atoms with van der Waals surface area (Å²) in [4.78, 5) is 0. The SMILES string of the molecule is FC(F)(F)c1ccc(CNC2COC2)cc1. The molecule has 2 rings (SSSR count). The Kier molecular flexibility index (Phi) is 3.16. The molecule has 1 aliphatic heterocycles. The molecule has 1 fully saturated rings. The molecule has 0 bridgehead atoms. The normalized spacial score (nSPS) is 17.2. The van der Waals surface area contributed by atoms with Crippen molar-refractivity contribution in [1.82, 2.24) is 5.32 Å². The Hall–Kier alpha value is -1.07. The summed E-state index contributed by atoms with van der Waals surface area (Å²) in [7, 11) is 0. The molecule has 0 aromatic heterocycles. The lowest BCUT2D eigenvalue weighted by atomic mass is 10.1. The smallest absolute Gasteiger partial charge is 0.378 e. The molecule has 1 aromatic carbocycles. The van der Waals surface area contributed by atoms with Crippen molar-refractivity contribution in [2.24, 2.45) is 0 Å². The third-order valence-electron chi connectivity index (χ3n) is 2.51. The molecule has 1 N–H and O–H groups in total. The number of benzene rings is 1. The van der Waals surface area contributed by atoms with E-state index in [4.69, 9.17) is 4.74 Å². The molecule has 5 heteroatoms. The number of alkyl halides is 3. The van der Waals surface area contributed by atoms with Crippen molar-refractivity contribution in [2.75, 3.05) is 13.2 Å². The lowest BCUT2D eigenvalue weighted by Gasteiger charge is -2.27. The fraction of sp³-hybridized carbons (Fsp3) is 0.455. The van der Waals surface area contributed by atoms with E-state index < -0.39 is 11.7 Å². The van der Waals surface area contributed by atoms with E-state index in [2.05, 4.69) is 5.32 Å². The Morgan fingerprint density at radius 2 is 1.81 bits per heavy atom. The molecule has 0 aliphatic carbocycles. The number of rotatable bonds is 3. The molecule has 1 aliphatic rings. The fourth-order valence-corrected chi connectivity index (χ4v) is 1.43. The first-order valence-corrected chi connectivity index (χ1v) is 5.03. The Labute approximate surface area is 91.4 Å². The quantitative estimate of drug-likeness (QED) is 0.861. The van der Waals surface area contributed by atoms with Gasteiger partial charge in [-0.15, -0.1) is 0 Å². The van der Waals surface area contributed by atoms with Crippen molar-refractivity contribution in [3.05, 3.63) is 35.4 Å². The van der Waals surface area contributed by atoms with E-state index >= 15 is 0 Å². The van der Waals surface area contributed by atoms with Crippen LogP contribution in [0.15, 0.2) is 24.3 Å². The summed E-state index contributed by atoms with van der Waals surface area (Å²) in [5.74, 6) is 0. The summed E-state index contributed by atoms with van der Waals surface area (Å²) < 4.78 is 41.8. The number of hydrogen-bond donors (Lipinski definition) is 1. The predicted octanol–water partition coefficient (Wildman–Crippen LogP) is 2.19. The van der Waals surface area contributed by atoms with Crippen LogP contribution < -0.4 is 5.32 Å². The number of hydrogen-bond acceptors (Lipinski definition) is 2. The third-order valence-corrected chi connectivity index (χ3v) is 2.51. The van der Waals surface area contributed by atoms with Crippen LogP contribution in [-0.4, -0.2) is 19.3 Å². The maximum Gasteiger partial charge on any atom is 0.416 e. The summed E-state index contributed by atoms with van der Waals surface area (Å²) >= 11 is 0. The van der Waals surface area contributed by atoms with Gasteiger partial charge in [-0.1, -0.05) is 12.1 Å². The Balaban J connectivity index is 1.91. The van der Waals surface area contributed by atoms with Crippen LogP contribution in [0.1, 0.15) is 11.1 Å². The zero-order valence-corrected chi connectivity index (χ0v) is 8.55. The van der Waals surface area contributed by atoms with Crippen LogP contribution in [0.4, 0.5) is 13.2 Å². The monoisotopic (exact) mass is 231 g/mol. The van der Waals surface area contributed by atoms with Gasteiger partial charge >= 0.3 is 6.18 Å². The molecule has 1 heterocycles. The summed E-state index contributed by atoms with van der Waals surface area (Å²) in [5.41, 5.74) is 0.239. The van der Waals surface area contributed by atoms with E-state index in [0.29, 0.717) is 25.8 Å². The second-order valence-electron chi connectivity index (χ2n) is 3.81. The van der Waals surface area contributed by atoms with Crippen molar-refractivity contribution in [3.8, 4) is 0 Å². The van der Waals surface area contributed by atoms with Gasteiger partial charge in [-0.2, -0.15) is 13.2 Å². The zero-order chi connectivity index (χ0) is 11.6. The van der Waals surface area contributed by atoms with Gasteiger partial charge in [0.05, 0.1) is 24.8 Å². The van der Waals surface area contributed by atoms with Gasteiger partial charge in [-0.05, 0) is 17.7 Å². The summed E-state index contributed by atoms with van der Waals surface area (Å²) in [6.07, 6.45) is -4.26. The van der Waals surface area contributed by atoms with Crippen LogP contribution in [0.3, 0.4) is 0 Å². The lowest BCUT2D eigenvalue weighted by Crippen LogP contribution is -2.45. The Bertz CT molecular complexity index is 343. The predicted molar refractivity (Wildman–Crippen MR) is 52.9 cm³/mol. The minimum absolute atomic E-state index is 0.335. The van der Waals surface area contributed by atoms with Crippen molar-refractivity contribution in [1.29, 1.82) is 0 Å². The number of halogens is 3. The highest BCUT2D eigenvalue weighted by Gasteiger charge is 2.29. The highest BCUT2D eigenvalue weighted by atomic mass is 19.4. The average Bonchev–Trinajstić information content (AvgIpc) is 2.15. The molecule has 0 spiro atoms. The van der Waals surface area contributed by atoms with E-state index in [0.717, 1.165) is 17.7 Å². The molecule has 0 atom stereocenters. The van der Waals surface area contributed by atoms with Gasteiger partial charge in [0.15, 0.2) is 0 Å². The molecule has 0 saturated carbocycles. The first-order chi connectivity index (χ1) is 7.55. The zero-order valence-electron chi connectivity index (χ0n) is 8.55. The first kappa shape index (κ1) is 11.4. The Morgan fingerprint density at radius 3 is 2.25 bits per heavy atom. The summed E-state index contributed by atoms with van der Waals surface area (Å²) in [6, 6.07) is 5.54. The van der Waals surface area contributed by atoms with E-state index in [1.165, 1.54) is 12.1 Å². The van der Waals surface area contributed by atoms with Crippen LogP contribution >= 0.6 is 0 Å². The third kappa shape index (κ3) is 2.74. The minimum Gasteiger partial charge on any atom is -0.378 e. The van der Waals surface area contributed by atoms with Gasteiger partial charge in [-0.3, -0.25) is 0 Å². The second-order valence-corrected chi connectivity index (χ2v) is 3.81. The van der Waals surface area contributed by atoms with E-state index in [-0.39, 0.29) is 0 Å². The van der Waals surface area contributed by atoms with Gasteiger partial charge in [0.1, 0.15) is 0 Å². The molecule has 88 valence electrons. The van der Waals surface area contributed by atoms with Gasteiger partial charge < -0.3 is 10.1 Å². The van der Waals surface area contributed by atoms with Gasteiger partial charge in [0.2, 0.25) is 0 Å². The van der Waals surface area contributed by atoms with Crippen molar-refractivity contribution in [3.63, 3.8) is 0 Å². The topological polar surface area (TPSA) is 21.3 Å². The lowest BCUT2D eigenvalue weighted by molar-refractivity contribution is -0.137. The van der Waals surface area contributed by atoms with Crippen molar-refractivity contribution >= 4 is 0 Å². The molecule has 0 amide bonds. The van der Waals surface area contributed by atoms with E-state index in [1.807, 2.05) is 0 Å².